The summed E-state index contributed by atoms with van der Waals surface area (Å²) in [7, 11) is 0. The average Bonchev–Trinajstić information content (AvgIpc) is 4.03. The molecule has 0 aliphatic rings. The first-order valence-corrected chi connectivity index (χ1v) is 19.4. The minimum absolute atomic E-state index is 0.102. The van der Waals surface area contributed by atoms with Crippen LogP contribution < -0.4 is 0 Å². The molecule has 12 aromatic rings. The van der Waals surface area contributed by atoms with E-state index in [0.29, 0.717) is 11.4 Å². The minimum Gasteiger partial charge on any atom is -0.354 e. The fourth-order valence-corrected chi connectivity index (χ4v) is 9.61. The summed E-state index contributed by atoms with van der Waals surface area (Å²) in [5.74, 6) is 0. The van der Waals surface area contributed by atoms with Crippen molar-refractivity contribution in [2.24, 2.45) is 0 Å². The highest BCUT2D eigenvalue weighted by molar-refractivity contribution is 6.26. The monoisotopic (exact) mass is 780 g/mol. The van der Waals surface area contributed by atoms with Crippen LogP contribution in [0, 0.1) is 22.7 Å². The van der Waals surface area contributed by atoms with Gasteiger partial charge in [0.25, 0.3) is 0 Å². The molecule has 8 aromatic carbocycles. The number of aromatic nitrogens is 4. The summed E-state index contributed by atoms with van der Waals surface area (Å²) in [4.78, 5) is 7.28. The summed E-state index contributed by atoms with van der Waals surface area (Å²) in [6.45, 7) is 0. The largest absolute Gasteiger partial charge is 0.417 e. The van der Waals surface area contributed by atoms with Crippen molar-refractivity contribution in [2.45, 2.75) is 6.18 Å². The SMILES string of the molecule is N#Cc1ccc(-c2cc(-n3c4ccccc4c4c5[nH]c6ccccc6c5ccc43)c(C#N)c(-n3c4ccccc4c4c5[nH]c6ccccc6c5ccc43)c2)c(C(F)(F)F)c1. The zero-order chi connectivity index (χ0) is 40.4. The molecular formula is C51H27F3N6. The van der Waals surface area contributed by atoms with Crippen molar-refractivity contribution in [3.05, 3.63) is 168 Å². The molecule has 282 valence electrons. The molecule has 12 rings (SSSR count). The van der Waals surface area contributed by atoms with Gasteiger partial charge in [-0.1, -0.05) is 91.0 Å². The highest BCUT2D eigenvalue weighted by Crippen LogP contribution is 2.46. The van der Waals surface area contributed by atoms with E-state index < -0.39 is 11.7 Å². The second-order valence-corrected chi connectivity index (χ2v) is 15.2. The fourth-order valence-electron chi connectivity index (χ4n) is 9.61. The Hall–Kier alpha value is -8.27. The number of aromatic amines is 2. The molecule has 0 atom stereocenters. The van der Waals surface area contributed by atoms with Crippen molar-refractivity contribution in [1.82, 2.24) is 19.1 Å². The maximum atomic E-state index is 15.1. The van der Waals surface area contributed by atoms with E-state index in [9.17, 15) is 10.5 Å². The van der Waals surface area contributed by atoms with Gasteiger partial charge in [0.15, 0.2) is 0 Å². The van der Waals surface area contributed by atoms with E-state index in [1.165, 1.54) is 12.1 Å². The molecular weight excluding hydrogens is 754 g/mol. The molecule has 0 unspecified atom stereocenters. The van der Waals surface area contributed by atoms with E-state index in [1.54, 1.807) is 12.1 Å². The Bertz CT molecular complexity index is 3710. The first kappa shape index (κ1) is 33.8. The lowest BCUT2D eigenvalue weighted by Crippen LogP contribution is -2.09. The molecule has 4 heterocycles. The number of nitrogens with one attached hydrogen (secondary N) is 2. The van der Waals surface area contributed by atoms with Gasteiger partial charge in [0.05, 0.1) is 61.7 Å². The lowest BCUT2D eigenvalue weighted by Gasteiger charge is -2.20. The Kier molecular flexibility index (Phi) is 6.84. The van der Waals surface area contributed by atoms with Gasteiger partial charge in [-0.05, 0) is 71.8 Å². The number of benzene rings is 8. The molecule has 9 heteroatoms. The van der Waals surface area contributed by atoms with Crippen LogP contribution in [0.5, 0.6) is 0 Å². The maximum absolute atomic E-state index is 15.1. The molecule has 0 radical (unpaired) electrons. The first-order valence-electron chi connectivity index (χ1n) is 19.4. The fraction of sp³-hybridized carbons (Fsp3) is 0.0196. The van der Waals surface area contributed by atoms with Crippen LogP contribution in [-0.2, 0) is 6.18 Å². The Morgan fingerprint density at radius 1 is 0.467 bits per heavy atom. The molecule has 0 spiro atoms. The quantitative estimate of drug-likeness (QED) is 0.187. The number of alkyl halides is 3. The van der Waals surface area contributed by atoms with Crippen molar-refractivity contribution >= 4 is 87.2 Å². The van der Waals surface area contributed by atoms with Crippen LogP contribution in [0.4, 0.5) is 13.2 Å². The molecule has 0 aliphatic heterocycles. The molecule has 0 fully saturated rings. The number of rotatable bonds is 3. The van der Waals surface area contributed by atoms with Gasteiger partial charge in [-0.15, -0.1) is 0 Å². The van der Waals surface area contributed by atoms with Gasteiger partial charge in [-0.3, -0.25) is 0 Å². The van der Waals surface area contributed by atoms with Crippen molar-refractivity contribution in [3.63, 3.8) is 0 Å². The topological polar surface area (TPSA) is 89.0 Å². The molecule has 2 N–H and O–H groups in total. The number of hydrogen-bond acceptors (Lipinski definition) is 2. The van der Waals surface area contributed by atoms with Crippen molar-refractivity contribution in [3.8, 4) is 34.6 Å². The first-order chi connectivity index (χ1) is 29.3. The number of hydrogen-bond donors (Lipinski definition) is 2. The third kappa shape index (κ3) is 4.57. The van der Waals surface area contributed by atoms with Crippen molar-refractivity contribution in [1.29, 1.82) is 10.5 Å². The number of halogens is 3. The van der Waals surface area contributed by atoms with E-state index in [4.69, 9.17) is 0 Å². The van der Waals surface area contributed by atoms with E-state index in [-0.39, 0.29) is 22.3 Å². The van der Waals surface area contributed by atoms with Gasteiger partial charge >= 0.3 is 6.18 Å². The summed E-state index contributed by atoms with van der Waals surface area (Å²) in [6, 6.07) is 51.7. The zero-order valence-electron chi connectivity index (χ0n) is 31.4. The normalized spacial score (nSPS) is 12.2. The lowest BCUT2D eigenvalue weighted by molar-refractivity contribution is -0.137. The zero-order valence-corrected chi connectivity index (χ0v) is 31.4. The van der Waals surface area contributed by atoms with Crippen LogP contribution in [0.25, 0.3) is 110 Å². The highest BCUT2D eigenvalue weighted by Gasteiger charge is 2.35. The number of fused-ring (bicyclic) bond motifs is 14. The van der Waals surface area contributed by atoms with Crippen molar-refractivity contribution in [2.75, 3.05) is 0 Å². The standard InChI is InChI=1S/C51H27F3N6/c52-51(53,54)38-23-28(26-55)17-18-30(38)29-24-45(59-41-15-7-3-11-35(41)47-43(59)21-19-33-31-9-1-5-13-39(31)57-49(33)47)37(27-56)46(25-29)60-42-16-8-4-12-36(42)48-44(60)22-20-34-32-10-2-6-14-40(32)58-50(34)48/h1-25,57-58H. The third-order valence-corrected chi connectivity index (χ3v) is 12.1. The van der Waals surface area contributed by atoms with Crippen LogP contribution in [0.2, 0.25) is 0 Å². The number of para-hydroxylation sites is 4. The van der Waals surface area contributed by atoms with Gasteiger partial charge in [0.1, 0.15) is 11.6 Å². The predicted molar refractivity (Wildman–Crippen MR) is 234 cm³/mol. The van der Waals surface area contributed by atoms with Crippen LogP contribution in [0.1, 0.15) is 16.7 Å². The molecule has 0 saturated heterocycles. The Morgan fingerprint density at radius 2 is 0.950 bits per heavy atom. The molecule has 0 aliphatic carbocycles. The average molecular weight is 781 g/mol. The second-order valence-electron chi connectivity index (χ2n) is 15.2. The lowest BCUT2D eigenvalue weighted by atomic mass is 9.94. The van der Waals surface area contributed by atoms with Gasteiger partial charge < -0.3 is 19.1 Å². The van der Waals surface area contributed by atoms with Crippen LogP contribution in [0.15, 0.2) is 152 Å². The smallest absolute Gasteiger partial charge is 0.354 e. The minimum atomic E-state index is -4.78. The van der Waals surface area contributed by atoms with Gasteiger partial charge in [-0.25, -0.2) is 0 Å². The molecule has 4 aromatic heterocycles. The van der Waals surface area contributed by atoms with Crippen LogP contribution >= 0.6 is 0 Å². The summed E-state index contributed by atoms with van der Waals surface area (Å²) in [5.41, 5.74) is 7.17. The third-order valence-electron chi connectivity index (χ3n) is 12.1. The van der Waals surface area contributed by atoms with Gasteiger partial charge in [0, 0.05) is 54.1 Å². The number of nitrogens with zero attached hydrogens (tertiary/aromatic N) is 4. The molecule has 60 heavy (non-hydrogen) atoms. The molecule has 0 amide bonds. The summed E-state index contributed by atoms with van der Waals surface area (Å²) < 4.78 is 49.2. The number of nitriles is 2. The van der Waals surface area contributed by atoms with Crippen LogP contribution in [-0.4, -0.2) is 19.1 Å². The Labute approximate surface area is 338 Å². The number of H-pyrrole nitrogens is 2. The predicted octanol–water partition coefficient (Wildman–Crippen LogP) is 13.6. The van der Waals surface area contributed by atoms with Gasteiger partial charge in [0.2, 0.25) is 0 Å². The van der Waals surface area contributed by atoms with E-state index >= 15 is 13.2 Å². The van der Waals surface area contributed by atoms with Crippen LogP contribution in [0.3, 0.4) is 0 Å². The van der Waals surface area contributed by atoms with Gasteiger partial charge in [-0.2, -0.15) is 23.7 Å². The van der Waals surface area contributed by atoms with E-state index in [1.807, 2.05) is 112 Å². The summed E-state index contributed by atoms with van der Waals surface area (Å²) in [5, 5.41) is 29.0. The Morgan fingerprint density at radius 3 is 1.43 bits per heavy atom. The maximum Gasteiger partial charge on any atom is 0.417 e. The molecule has 0 saturated carbocycles. The highest BCUT2D eigenvalue weighted by atomic mass is 19.4. The second kappa shape index (κ2) is 12.1. The van der Waals surface area contributed by atoms with E-state index in [2.05, 4.69) is 40.3 Å². The summed E-state index contributed by atoms with van der Waals surface area (Å²) >= 11 is 0. The molecule has 6 nitrogen and oxygen atoms in total. The Balaban J connectivity index is 1.26. The molecule has 0 bridgehead atoms. The summed E-state index contributed by atoms with van der Waals surface area (Å²) in [6.07, 6.45) is -4.78. The van der Waals surface area contributed by atoms with E-state index in [0.717, 1.165) is 93.3 Å². The van der Waals surface area contributed by atoms with Crippen molar-refractivity contribution < 1.29 is 13.2 Å².